The molecule has 0 amide bonds. The molecule has 2 N–H and O–H groups in total. The molecule has 1 aromatic heterocycles. The minimum atomic E-state index is -0.738. The van der Waals surface area contributed by atoms with E-state index >= 15 is 0 Å². The number of para-hydroxylation sites is 1. The first-order chi connectivity index (χ1) is 14.2. The summed E-state index contributed by atoms with van der Waals surface area (Å²) >= 11 is 0. The highest BCUT2D eigenvalue weighted by molar-refractivity contribution is 5.89. The first kappa shape index (κ1) is 18.0. The van der Waals surface area contributed by atoms with E-state index in [4.69, 9.17) is 0 Å². The summed E-state index contributed by atoms with van der Waals surface area (Å²) in [5.74, 6) is 3.09. The highest BCUT2D eigenvalue weighted by Gasteiger charge is 2.50. The maximum Gasteiger partial charge on any atom is 0.325 e. The van der Waals surface area contributed by atoms with E-state index in [1.54, 1.807) is 0 Å². The molecular formula is C24H31N3O2. The molecule has 1 atom stereocenters. The molecule has 5 heteroatoms. The number of fused-ring (bicyclic) bond motifs is 1. The number of H-pyrrole nitrogens is 1. The van der Waals surface area contributed by atoms with Crippen LogP contribution in [0.4, 0.5) is 0 Å². The highest BCUT2D eigenvalue weighted by Crippen LogP contribution is 2.55. The van der Waals surface area contributed by atoms with Gasteiger partial charge in [0, 0.05) is 54.9 Å². The van der Waals surface area contributed by atoms with Gasteiger partial charge in [-0.3, -0.25) is 14.6 Å². The molecule has 5 nitrogen and oxygen atoms in total. The molecule has 7 rings (SSSR count). The lowest BCUT2D eigenvalue weighted by Gasteiger charge is -2.58. The van der Waals surface area contributed by atoms with Gasteiger partial charge in [0.15, 0.2) is 0 Å². The second-order valence-corrected chi connectivity index (χ2v) is 10.0. The van der Waals surface area contributed by atoms with Crippen molar-refractivity contribution in [2.24, 2.45) is 23.7 Å². The van der Waals surface area contributed by atoms with Crippen LogP contribution in [0.2, 0.25) is 0 Å². The van der Waals surface area contributed by atoms with Crippen LogP contribution in [0.1, 0.15) is 43.7 Å². The number of hydrogen-bond donors (Lipinski definition) is 2. The number of aliphatic carboxylic acids is 1. The SMILES string of the molecule is O=C(O)[C@@H](c1c[nH]c2ccccc12)N1CCN(C2C3CC4CC(C3)CC2C4)CC1. The number of carboxylic acid groups (broad SMARTS) is 1. The van der Waals surface area contributed by atoms with Crippen molar-refractivity contribution in [2.45, 2.75) is 44.2 Å². The zero-order valence-corrected chi connectivity index (χ0v) is 17.0. The lowest BCUT2D eigenvalue weighted by molar-refractivity contribution is -0.145. The quantitative estimate of drug-likeness (QED) is 0.831. The van der Waals surface area contributed by atoms with Crippen molar-refractivity contribution < 1.29 is 9.90 Å². The molecule has 154 valence electrons. The summed E-state index contributed by atoms with van der Waals surface area (Å²) in [6.07, 6.45) is 9.19. The molecule has 1 saturated heterocycles. The van der Waals surface area contributed by atoms with Gasteiger partial charge in [0.1, 0.15) is 6.04 Å². The van der Waals surface area contributed by atoms with Gasteiger partial charge in [-0.2, -0.15) is 0 Å². The predicted molar refractivity (Wildman–Crippen MR) is 113 cm³/mol. The van der Waals surface area contributed by atoms with Gasteiger partial charge in [-0.1, -0.05) is 18.2 Å². The summed E-state index contributed by atoms with van der Waals surface area (Å²) in [6.45, 7) is 3.72. The number of carboxylic acids is 1. The van der Waals surface area contributed by atoms with Gasteiger partial charge in [-0.15, -0.1) is 0 Å². The number of piperazine rings is 1. The van der Waals surface area contributed by atoms with Gasteiger partial charge in [0.05, 0.1) is 0 Å². The summed E-state index contributed by atoms with van der Waals surface area (Å²) in [7, 11) is 0. The van der Waals surface area contributed by atoms with E-state index in [1.807, 2.05) is 30.5 Å². The molecule has 1 aromatic carbocycles. The average molecular weight is 394 g/mol. The Kier molecular flexibility index (Phi) is 4.24. The van der Waals surface area contributed by atoms with Crippen LogP contribution in [0.5, 0.6) is 0 Å². The summed E-state index contributed by atoms with van der Waals surface area (Å²) in [5, 5.41) is 11.1. The number of nitrogens with one attached hydrogen (secondary N) is 1. The first-order valence-electron chi connectivity index (χ1n) is 11.4. The van der Waals surface area contributed by atoms with E-state index in [-0.39, 0.29) is 0 Å². The number of nitrogens with zero attached hydrogens (tertiary/aromatic N) is 2. The van der Waals surface area contributed by atoms with Crippen LogP contribution in [0.3, 0.4) is 0 Å². The average Bonchev–Trinajstić information content (AvgIpc) is 3.12. The number of carbonyl (C=O) groups is 1. The van der Waals surface area contributed by atoms with Gasteiger partial charge >= 0.3 is 5.97 Å². The van der Waals surface area contributed by atoms with Crippen LogP contribution in [-0.2, 0) is 4.79 Å². The largest absolute Gasteiger partial charge is 0.480 e. The third kappa shape index (κ3) is 2.93. The topological polar surface area (TPSA) is 59.6 Å². The summed E-state index contributed by atoms with van der Waals surface area (Å²) < 4.78 is 0. The lowest BCUT2D eigenvalue weighted by atomic mass is 9.54. The van der Waals surface area contributed by atoms with Crippen molar-refractivity contribution in [1.29, 1.82) is 0 Å². The van der Waals surface area contributed by atoms with E-state index < -0.39 is 12.0 Å². The normalized spacial score (nSPS) is 35.9. The van der Waals surface area contributed by atoms with Gasteiger partial charge in [-0.25, -0.2) is 0 Å². The van der Waals surface area contributed by atoms with Crippen molar-refractivity contribution in [2.75, 3.05) is 26.2 Å². The Hall–Kier alpha value is -1.85. The Bertz CT molecular complexity index is 886. The van der Waals surface area contributed by atoms with E-state index in [0.29, 0.717) is 0 Å². The molecule has 0 spiro atoms. The predicted octanol–water partition coefficient (Wildman–Crippen LogP) is 3.74. The maximum absolute atomic E-state index is 12.3. The zero-order chi connectivity index (χ0) is 19.5. The number of aromatic amines is 1. The molecule has 5 aliphatic rings. The molecule has 0 radical (unpaired) electrons. The van der Waals surface area contributed by atoms with Crippen LogP contribution in [-0.4, -0.2) is 58.1 Å². The minimum Gasteiger partial charge on any atom is -0.480 e. The van der Waals surface area contributed by atoms with Crippen LogP contribution in [0, 0.1) is 23.7 Å². The smallest absolute Gasteiger partial charge is 0.325 e. The molecular weight excluding hydrogens is 362 g/mol. The van der Waals surface area contributed by atoms with Gasteiger partial charge in [0.2, 0.25) is 0 Å². The number of benzene rings is 1. The Balaban J connectivity index is 1.19. The molecule has 5 fully saturated rings. The second kappa shape index (κ2) is 6.85. The number of rotatable bonds is 4. The van der Waals surface area contributed by atoms with Crippen molar-refractivity contribution in [3.05, 3.63) is 36.0 Å². The fourth-order valence-electron chi connectivity index (χ4n) is 7.59. The number of aromatic nitrogens is 1. The van der Waals surface area contributed by atoms with Gasteiger partial charge in [-0.05, 0) is 61.8 Å². The van der Waals surface area contributed by atoms with Crippen molar-refractivity contribution in [1.82, 2.24) is 14.8 Å². The molecule has 4 saturated carbocycles. The monoisotopic (exact) mass is 393 g/mol. The van der Waals surface area contributed by atoms with Crippen molar-refractivity contribution in [3.8, 4) is 0 Å². The van der Waals surface area contributed by atoms with Gasteiger partial charge in [0.25, 0.3) is 0 Å². The van der Waals surface area contributed by atoms with E-state index in [1.165, 1.54) is 32.1 Å². The third-order valence-corrected chi connectivity index (χ3v) is 8.46. The summed E-state index contributed by atoms with van der Waals surface area (Å²) in [4.78, 5) is 20.4. The van der Waals surface area contributed by atoms with Crippen LogP contribution in [0.15, 0.2) is 30.5 Å². The Labute approximate surface area is 172 Å². The molecule has 2 heterocycles. The van der Waals surface area contributed by atoms with Crippen LogP contribution in [0.25, 0.3) is 10.9 Å². The second-order valence-electron chi connectivity index (χ2n) is 10.0. The third-order valence-electron chi connectivity index (χ3n) is 8.46. The summed E-state index contributed by atoms with van der Waals surface area (Å²) in [6, 6.07) is 8.22. The summed E-state index contributed by atoms with van der Waals surface area (Å²) in [5.41, 5.74) is 1.91. The van der Waals surface area contributed by atoms with E-state index in [0.717, 1.165) is 72.4 Å². The molecule has 4 bridgehead atoms. The standard InChI is InChI=1S/C24H31N3O2/c28-24(29)23(20-14-25-21-4-2-1-3-19(20)21)27-7-5-26(6-8-27)22-17-10-15-9-16(12-17)13-18(22)11-15/h1-4,14-18,22-23,25H,5-13H2,(H,28,29)/t15?,16?,17?,18?,22?,23-/m1/s1. The lowest BCUT2D eigenvalue weighted by Crippen LogP contribution is -2.60. The zero-order valence-electron chi connectivity index (χ0n) is 17.0. The van der Waals surface area contributed by atoms with Crippen molar-refractivity contribution in [3.63, 3.8) is 0 Å². The fraction of sp³-hybridized carbons (Fsp3) is 0.625. The first-order valence-corrected chi connectivity index (χ1v) is 11.4. The molecule has 29 heavy (non-hydrogen) atoms. The van der Waals surface area contributed by atoms with Gasteiger partial charge < -0.3 is 10.1 Å². The van der Waals surface area contributed by atoms with Crippen molar-refractivity contribution >= 4 is 16.9 Å². The number of hydrogen-bond acceptors (Lipinski definition) is 3. The molecule has 4 aliphatic carbocycles. The Morgan fingerprint density at radius 2 is 1.62 bits per heavy atom. The van der Waals surface area contributed by atoms with Crippen LogP contribution < -0.4 is 0 Å². The van der Waals surface area contributed by atoms with Crippen LogP contribution >= 0.6 is 0 Å². The van der Waals surface area contributed by atoms with E-state index in [2.05, 4.69) is 14.8 Å². The minimum absolute atomic E-state index is 0.563. The fourth-order valence-corrected chi connectivity index (χ4v) is 7.59. The maximum atomic E-state index is 12.3. The molecule has 2 aromatic rings. The van der Waals surface area contributed by atoms with E-state index in [9.17, 15) is 9.90 Å². The Morgan fingerprint density at radius 3 is 2.28 bits per heavy atom. The molecule has 1 aliphatic heterocycles. The molecule has 0 unspecified atom stereocenters. The highest BCUT2D eigenvalue weighted by atomic mass is 16.4. The Morgan fingerprint density at radius 1 is 0.966 bits per heavy atom.